The van der Waals surface area contributed by atoms with Crippen LogP contribution in [0.15, 0.2) is 70.2 Å². The first-order valence-electron chi connectivity index (χ1n) is 8.37. The van der Waals surface area contributed by atoms with E-state index in [-0.39, 0.29) is 5.91 Å². The molecule has 7 heteroatoms. The Labute approximate surface area is 161 Å². The van der Waals surface area contributed by atoms with Crippen LogP contribution in [0.5, 0.6) is 5.75 Å². The van der Waals surface area contributed by atoms with Gasteiger partial charge in [-0.2, -0.15) is 5.10 Å². The summed E-state index contributed by atoms with van der Waals surface area (Å²) in [5.74, 6) is 0.657. The van der Waals surface area contributed by atoms with Crippen LogP contribution >= 0.6 is 0 Å². The Morgan fingerprint density at radius 3 is 2.64 bits per heavy atom. The van der Waals surface area contributed by atoms with Gasteiger partial charge in [0.25, 0.3) is 5.91 Å². The van der Waals surface area contributed by atoms with Crippen molar-refractivity contribution in [2.75, 3.05) is 14.2 Å². The second-order valence-electron chi connectivity index (χ2n) is 5.67. The first-order valence-corrected chi connectivity index (χ1v) is 8.37. The number of ether oxygens (including phenoxy) is 2. The van der Waals surface area contributed by atoms with Crippen LogP contribution in [0.4, 0.5) is 0 Å². The zero-order chi connectivity index (χ0) is 19.9. The van der Waals surface area contributed by atoms with E-state index in [4.69, 9.17) is 13.9 Å². The number of carbonyl (C=O) groups excluding carboxylic acids is 2. The summed E-state index contributed by atoms with van der Waals surface area (Å²) in [7, 11) is 2.85. The number of carbonyl (C=O) groups is 2. The van der Waals surface area contributed by atoms with Crippen LogP contribution in [0.25, 0.3) is 11.3 Å². The minimum Gasteiger partial charge on any atom is -0.497 e. The minimum atomic E-state index is -0.451. The lowest BCUT2D eigenvalue weighted by atomic mass is 10.1. The summed E-state index contributed by atoms with van der Waals surface area (Å²) in [6.45, 7) is 0. The lowest BCUT2D eigenvalue weighted by Crippen LogP contribution is -2.17. The van der Waals surface area contributed by atoms with Crippen molar-refractivity contribution in [1.29, 1.82) is 0 Å². The molecule has 0 aliphatic rings. The molecule has 3 aromatic rings. The van der Waals surface area contributed by atoms with Crippen LogP contribution in [-0.2, 0) is 4.74 Å². The number of hydrogen-bond donors (Lipinski definition) is 1. The van der Waals surface area contributed by atoms with Crippen molar-refractivity contribution in [2.45, 2.75) is 0 Å². The molecule has 1 N–H and O–H groups in total. The van der Waals surface area contributed by atoms with Gasteiger partial charge >= 0.3 is 5.97 Å². The van der Waals surface area contributed by atoms with Crippen molar-refractivity contribution >= 4 is 18.1 Å². The van der Waals surface area contributed by atoms with Crippen LogP contribution in [0.2, 0.25) is 0 Å². The Morgan fingerprint density at radius 1 is 1.04 bits per heavy atom. The number of methoxy groups -OCH3 is 2. The quantitative estimate of drug-likeness (QED) is 0.403. The van der Waals surface area contributed by atoms with Crippen LogP contribution in [-0.4, -0.2) is 32.3 Å². The first kappa shape index (κ1) is 18.9. The number of hydrogen-bond acceptors (Lipinski definition) is 6. The van der Waals surface area contributed by atoms with Crippen molar-refractivity contribution in [1.82, 2.24) is 5.43 Å². The predicted molar refractivity (Wildman–Crippen MR) is 104 cm³/mol. The molecule has 0 unspecified atom stereocenters. The fourth-order valence-electron chi connectivity index (χ4n) is 2.54. The molecule has 0 spiro atoms. The van der Waals surface area contributed by atoms with Crippen molar-refractivity contribution in [3.63, 3.8) is 0 Å². The summed E-state index contributed by atoms with van der Waals surface area (Å²) in [4.78, 5) is 24.0. The van der Waals surface area contributed by atoms with E-state index in [1.54, 1.807) is 60.7 Å². The molecule has 1 amide bonds. The number of rotatable bonds is 6. The molecule has 0 fully saturated rings. The lowest BCUT2D eigenvalue weighted by molar-refractivity contribution is 0.0601. The summed E-state index contributed by atoms with van der Waals surface area (Å²) in [6.07, 6.45) is 1.38. The van der Waals surface area contributed by atoms with Crippen LogP contribution in [0.1, 0.15) is 26.5 Å². The molecule has 0 aliphatic heterocycles. The van der Waals surface area contributed by atoms with Gasteiger partial charge in [0.2, 0.25) is 0 Å². The van der Waals surface area contributed by atoms with Crippen molar-refractivity contribution in [3.05, 3.63) is 77.6 Å². The maximum atomic E-state index is 12.1. The first-order chi connectivity index (χ1) is 13.6. The summed E-state index contributed by atoms with van der Waals surface area (Å²) in [5, 5.41) is 3.90. The van der Waals surface area contributed by atoms with Crippen molar-refractivity contribution < 1.29 is 23.5 Å². The van der Waals surface area contributed by atoms with Gasteiger partial charge in [-0.25, -0.2) is 10.2 Å². The molecular weight excluding hydrogens is 360 g/mol. The monoisotopic (exact) mass is 378 g/mol. The van der Waals surface area contributed by atoms with E-state index in [1.807, 2.05) is 0 Å². The number of nitrogens with one attached hydrogen (secondary N) is 1. The van der Waals surface area contributed by atoms with E-state index >= 15 is 0 Å². The third-order valence-electron chi connectivity index (χ3n) is 3.91. The molecular formula is C21H18N2O5. The number of hydrazone groups is 1. The molecule has 1 aromatic heterocycles. The summed E-state index contributed by atoms with van der Waals surface area (Å²) < 4.78 is 15.6. The molecule has 7 nitrogen and oxygen atoms in total. The molecule has 0 saturated heterocycles. The molecule has 0 saturated carbocycles. The molecule has 142 valence electrons. The van der Waals surface area contributed by atoms with E-state index in [0.717, 1.165) is 0 Å². The highest BCUT2D eigenvalue weighted by Gasteiger charge is 2.15. The van der Waals surface area contributed by atoms with Gasteiger partial charge in [0.05, 0.1) is 26.0 Å². The number of furan rings is 1. The van der Waals surface area contributed by atoms with E-state index in [9.17, 15) is 9.59 Å². The fraction of sp³-hybridized carbons (Fsp3) is 0.0952. The van der Waals surface area contributed by atoms with Crippen LogP contribution < -0.4 is 10.2 Å². The van der Waals surface area contributed by atoms with Crippen LogP contribution in [0, 0.1) is 0 Å². The van der Waals surface area contributed by atoms with Gasteiger partial charge in [0.15, 0.2) is 0 Å². The standard InChI is InChI=1S/C21H18N2O5/c1-26-15-7-5-6-14(12-15)20(24)23-22-13-16-10-11-19(28-16)17-8-3-4-9-18(17)21(25)27-2/h3-13H,1-2H3,(H,23,24)/b22-13-. The van der Waals surface area contributed by atoms with Gasteiger partial charge in [-0.15, -0.1) is 0 Å². The fourth-order valence-corrected chi connectivity index (χ4v) is 2.54. The number of benzene rings is 2. The SMILES string of the molecule is COC(=O)c1ccccc1-c1ccc(/C=N\NC(=O)c2cccc(OC)c2)o1. The number of amides is 1. The average molecular weight is 378 g/mol. The Morgan fingerprint density at radius 2 is 1.86 bits per heavy atom. The summed E-state index contributed by atoms with van der Waals surface area (Å²) in [6, 6.07) is 17.1. The molecule has 0 radical (unpaired) electrons. The Balaban J connectivity index is 1.71. The van der Waals surface area contributed by atoms with Gasteiger partial charge in [0.1, 0.15) is 17.3 Å². The number of nitrogens with zero attached hydrogens (tertiary/aromatic N) is 1. The summed E-state index contributed by atoms with van der Waals surface area (Å²) >= 11 is 0. The van der Waals surface area contributed by atoms with Crippen molar-refractivity contribution in [3.8, 4) is 17.1 Å². The highest BCUT2D eigenvalue weighted by Crippen LogP contribution is 2.26. The van der Waals surface area contributed by atoms with E-state index < -0.39 is 5.97 Å². The van der Waals surface area contributed by atoms with E-state index in [1.165, 1.54) is 20.4 Å². The highest BCUT2D eigenvalue weighted by atomic mass is 16.5. The molecule has 1 heterocycles. The maximum Gasteiger partial charge on any atom is 0.338 e. The third kappa shape index (κ3) is 4.27. The Hall–Kier alpha value is -3.87. The van der Waals surface area contributed by atoms with E-state index in [0.29, 0.717) is 34.0 Å². The third-order valence-corrected chi connectivity index (χ3v) is 3.91. The second-order valence-corrected chi connectivity index (χ2v) is 5.67. The Bertz CT molecular complexity index is 1020. The van der Waals surface area contributed by atoms with E-state index in [2.05, 4.69) is 10.5 Å². The van der Waals surface area contributed by atoms with Gasteiger partial charge in [-0.1, -0.05) is 24.3 Å². The zero-order valence-corrected chi connectivity index (χ0v) is 15.3. The highest BCUT2D eigenvalue weighted by molar-refractivity contribution is 5.97. The van der Waals surface area contributed by atoms with Gasteiger partial charge in [0, 0.05) is 11.1 Å². The predicted octanol–water partition coefficient (Wildman–Crippen LogP) is 3.51. The Kier molecular flexibility index (Phi) is 5.86. The topological polar surface area (TPSA) is 90.1 Å². The largest absolute Gasteiger partial charge is 0.497 e. The molecule has 3 rings (SSSR count). The molecule has 2 aromatic carbocycles. The van der Waals surface area contributed by atoms with Gasteiger partial charge in [-0.05, 0) is 36.4 Å². The maximum absolute atomic E-state index is 12.1. The van der Waals surface area contributed by atoms with Gasteiger partial charge in [-0.3, -0.25) is 4.79 Å². The summed E-state index contributed by atoms with van der Waals surface area (Å²) in [5.41, 5.74) is 3.85. The molecule has 0 atom stereocenters. The minimum absolute atomic E-state index is 0.377. The number of esters is 1. The average Bonchev–Trinajstić information content (AvgIpc) is 3.22. The second kappa shape index (κ2) is 8.68. The normalized spacial score (nSPS) is 10.6. The zero-order valence-electron chi connectivity index (χ0n) is 15.3. The smallest absolute Gasteiger partial charge is 0.338 e. The molecule has 0 aliphatic carbocycles. The molecule has 0 bridgehead atoms. The van der Waals surface area contributed by atoms with Crippen molar-refractivity contribution in [2.24, 2.45) is 5.10 Å². The lowest BCUT2D eigenvalue weighted by Gasteiger charge is -2.04. The van der Waals surface area contributed by atoms with Crippen LogP contribution in [0.3, 0.4) is 0 Å². The molecule has 28 heavy (non-hydrogen) atoms. The van der Waals surface area contributed by atoms with Gasteiger partial charge < -0.3 is 13.9 Å².